The molecule has 1 fully saturated rings. The van der Waals surface area contributed by atoms with Gasteiger partial charge >= 0.3 is 0 Å². The molecule has 0 saturated carbocycles. The van der Waals surface area contributed by atoms with Gasteiger partial charge in [0.2, 0.25) is 0 Å². The number of rotatable bonds is 4. The van der Waals surface area contributed by atoms with Crippen LogP contribution in [0.3, 0.4) is 0 Å². The number of nitrogens with zero attached hydrogens (tertiary/aromatic N) is 2. The van der Waals surface area contributed by atoms with Crippen molar-refractivity contribution >= 4 is 11.1 Å². The van der Waals surface area contributed by atoms with Gasteiger partial charge in [-0.25, -0.2) is 4.98 Å². The molecule has 1 aromatic carbocycles. The van der Waals surface area contributed by atoms with Gasteiger partial charge in [0.15, 0.2) is 11.5 Å². The highest BCUT2D eigenvalue weighted by Gasteiger charge is 2.20. The molecule has 0 amide bonds. The van der Waals surface area contributed by atoms with Crippen LogP contribution in [0, 0.1) is 6.92 Å². The molecule has 0 unspecified atom stereocenters. The van der Waals surface area contributed by atoms with Gasteiger partial charge < -0.3 is 14.6 Å². The summed E-state index contributed by atoms with van der Waals surface area (Å²) in [5.74, 6) is 0.736. The van der Waals surface area contributed by atoms with Crippen LogP contribution in [0.15, 0.2) is 22.6 Å². The molecule has 0 spiro atoms. The minimum absolute atomic E-state index is 0.709. The predicted molar refractivity (Wildman–Crippen MR) is 71.7 cm³/mol. The Labute approximate surface area is 107 Å². The first-order valence-corrected chi connectivity index (χ1v) is 6.49. The summed E-state index contributed by atoms with van der Waals surface area (Å²) in [6, 6.07) is 7.02. The number of benzene rings is 1. The summed E-state index contributed by atoms with van der Waals surface area (Å²) < 4.78 is 5.56. The number of fused-ring (bicyclic) bond motifs is 1. The van der Waals surface area contributed by atoms with Crippen LogP contribution < -0.4 is 5.32 Å². The van der Waals surface area contributed by atoms with E-state index in [-0.39, 0.29) is 0 Å². The zero-order valence-electron chi connectivity index (χ0n) is 10.9. The Bertz CT molecular complexity index is 545. The highest BCUT2D eigenvalue weighted by molar-refractivity contribution is 5.73. The highest BCUT2D eigenvalue weighted by Crippen LogP contribution is 2.17. The van der Waals surface area contributed by atoms with Gasteiger partial charge in [-0.2, -0.15) is 0 Å². The summed E-state index contributed by atoms with van der Waals surface area (Å²) in [4.78, 5) is 6.74. The topological polar surface area (TPSA) is 41.3 Å². The van der Waals surface area contributed by atoms with Gasteiger partial charge in [-0.15, -0.1) is 0 Å². The van der Waals surface area contributed by atoms with Crippen LogP contribution in [-0.2, 0) is 6.42 Å². The van der Waals surface area contributed by atoms with E-state index in [2.05, 4.69) is 34.4 Å². The molecular formula is C14H19N3O. The Morgan fingerprint density at radius 1 is 1.44 bits per heavy atom. The molecule has 4 heteroatoms. The second-order valence-electron chi connectivity index (χ2n) is 5.08. The van der Waals surface area contributed by atoms with Crippen LogP contribution in [-0.4, -0.2) is 42.6 Å². The van der Waals surface area contributed by atoms with E-state index >= 15 is 0 Å². The summed E-state index contributed by atoms with van der Waals surface area (Å²) >= 11 is 0. The fourth-order valence-corrected chi connectivity index (χ4v) is 2.31. The lowest BCUT2D eigenvalue weighted by atomic mass is 10.1. The number of nitrogens with one attached hydrogen (secondary N) is 1. The van der Waals surface area contributed by atoms with Crippen LogP contribution in [0.2, 0.25) is 0 Å². The lowest BCUT2D eigenvalue weighted by molar-refractivity contribution is 0.182. The van der Waals surface area contributed by atoms with Crippen molar-refractivity contribution in [2.45, 2.75) is 19.4 Å². The summed E-state index contributed by atoms with van der Waals surface area (Å²) in [6.45, 7) is 5.22. The number of hydrogen-bond donors (Lipinski definition) is 1. The summed E-state index contributed by atoms with van der Waals surface area (Å²) in [5.41, 5.74) is 3.17. The van der Waals surface area contributed by atoms with Crippen molar-refractivity contribution in [1.82, 2.24) is 15.2 Å². The quantitative estimate of drug-likeness (QED) is 0.888. The number of aromatic nitrogens is 1. The zero-order valence-corrected chi connectivity index (χ0v) is 10.9. The molecule has 1 aliphatic rings. The van der Waals surface area contributed by atoms with E-state index in [1.54, 1.807) is 0 Å². The molecule has 4 nitrogen and oxygen atoms in total. The molecule has 3 rings (SSSR count). The maximum atomic E-state index is 5.56. The molecule has 0 bridgehead atoms. The molecule has 0 atom stereocenters. The summed E-state index contributed by atoms with van der Waals surface area (Å²) in [6.07, 6.45) is 1.06. The van der Waals surface area contributed by atoms with Crippen LogP contribution in [0.1, 0.15) is 11.5 Å². The van der Waals surface area contributed by atoms with E-state index in [4.69, 9.17) is 4.42 Å². The monoisotopic (exact) mass is 245 g/mol. The molecule has 0 aliphatic carbocycles. The lowest BCUT2D eigenvalue weighted by Gasteiger charge is -2.35. The first-order valence-electron chi connectivity index (χ1n) is 6.49. The van der Waals surface area contributed by atoms with E-state index in [0.29, 0.717) is 6.04 Å². The fraction of sp³-hybridized carbons (Fsp3) is 0.500. The predicted octanol–water partition coefficient (Wildman–Crippen LogP) is 1.58. The Kier molecular flexibility index (Phi) is 3.06. The molecule has 1 N–H and O–H groups in total. The minimum atomic E-state index is 0.709. The fourth-order valence-electron chi connectivity index (χ4n) is 2.31. The maximum Gasteiger partial charge on any atom is 0.192 e. The van der Waals surface area contributed by atoms with E-state index in [0.717, 1.165) is 43.0 Å². The summed E-state index contributed by atoms with van der Waals surface area (Å²) in [7, 11) is 2.20. The number of hydrogen-bond acceptors (Lipinski definition) is 4. The van der Waals surface area contributed by atoms with Crippen molar-refractivity contribution in [1.29, 1.82) is 0 Å². The molecule has 18 heavy (non-hydrogen) atoms. The van der Waals surface area contributed by atoms with Gasteiger partial charge in [0.1, 0.15) is 5.52 Å². The smallest absolute Gasteiger partial charge is 0.192 e. The molecule has 0 radical (unpaired) electrons. The number of oxazole rings is 1. The average molecular weight is 245 g/mol. The second kappa shape index (κ2) is 4.71. The van der Waals surface area contributed by atoms with Gasteiger partial charge in [0, 0.05) is 32.6 Å². The van der Waals surface area contributed by atoms with Crippen molar-refractivity contribution in [3.05, 3.63) is 29.7 Å². The van der Waals surface area contributed by atoms with Crippen LogP contribution in [0.5, 0.6) is 0 Å². The van der Waals surface area contributed by atoms with Crippen LogP contribution >= 0.6 is 0 Å². The first-order chi connectivity index (χ1) is 8.72. The molecule has 1 aromatic heterocycles. The van der Waals surface area contributed by atoms with E-state index in [1.807, 2.05) is 13.0 Å². The molecule has 1 saturated heterocycles. The van der Waals surface area contributed by atoms with E-state index < -0.39 is 0 Å². The van der Waals surface area contributed by atoms with Crippen molar-refractivity contribution in [2.24, 2.45) is 0 Å². The average Bonchev–Trinajstić information content (AvgIpc) is 2.63. The second-order valence-corrected chi connectivity index (χ2v) is 5.08. The molecule has 2 heterocycles. The summed E-state index contributed by atoms with van der Waals surface area (Å²) in [5, 5.41) is 3.30. The largest absolute Gasteiger partial charge is 0.441 e. The van der Waals surface area contributed by atoms with Gasteiger partial charge in [-0.1, -0.05) is 6.07 Å². The van der Waals surface area contributed by atoms with Gasteiger partial charge in [-0.3, -0.25) is 0 Å². The zero-order chi connectivity index (χ0) is 12.5. The minimum Gasteiger partial charge on any atom is -0.441 e. The van der Waals surface area contributed by atoms with Gasteiger partial charge in [0.25, 0.3) is 0 Å². The van der Waals surface area contributed by atoms with Crippen LogP contribution in [0.25, 0.3) is 11.1 Å². The van der Waals surface area contributed by atoms with Gasteiger partial charge in [0.05, 0.1) is 0 Å². The molecular weight excluding hydrogens is 226 g/mol. The Hall–Kier alpha value is -1.39. The van der Waals surface area contributed by atoms with Crippen molar-refractivity contribution in [3.63, 3.8) is 0 Å². The lowest BCUT2D eigenvalue weighted by Crippen LogP contribution is -2.56. The van der Waals surface area contributed by atoms with Crippen LogP contribution in [0.4, 0.5) is 0 Å². The third-order valence-electron chi connectivity index (χ3n) is 3.70. The molecule has 96 valence electrons. The van der Waals surface area contributed by atoms with E-state index in [9.17, 15) is 0 Å². The maximum absolute atomic E-state index is 5.56. The Morgan fingerprint density at radius 3 is 3.00 bits per heavy atom. The SMILES string of the molecule is Cc1nc2ccc(CCN(C)C3CNC3)cc2o1. The van der Waals surface area contributed by atoms with E-state index in [1.165, 1.54) is 5.56 Å². The Morgan fingerprint density at radius 2 is 2.28 bits per heavy atom. The third-order valence-corrected chi connectivity index (χ3v) is 3.70. The van der Waals surface area contributed by atoms with Crippen molar-refractivity contribution in [2.75, 3.05) is 26.7 Å². The van der Waals surface area contributed by atoms with Crippen molar-refractivity contribution < 1.29 is 4.42 Å². The molecule has 1 aliphatic heterocycles. The van der Waals surface area contributed by atoms with Gasteiger partial charge in [-0.05, 0) is 31.2 Å². The third kappa shape index (κ3) is 2.26. The highest BCUT2D eigenvalue weighted by atomic mass is 16.3. The number of aryl methyl sites for hydroxylation is 1. The molecule has 2 aromatic rings. The normalized spacial score (nSPS) is 16.4. The number of likely N-dealkylation sites (N-methyl/N-ethyl adjacent to an activating group) is 1. The Balaban J connectivity index is 1.66. The first kappa shape index (κ1) is 11.7. The standard InChI is InChI=1S/C14H19N3O/c1-10-16-13-4-3-11(7-14(13)18-10)5-6-17(2)12-8-15-9-12/h3-4,7,12,15H,5-6,8-9H2,1-2H3. The van der Waals surface area contributed by atoms with Crippen molar-refractivity contribution in [3.8, 4) is 0 Å².